The van der Waals surface area contributed by atoms with E-state index in [9.17, 15) is 13.2 Å². The maximum Gasteiger partial charge on any atom is 0.256 e. The van der Waals surface area contributed by atoms with Crippen molar-refractivity contribution in [2.45, 2.75) is 18.7 Å². The normalized spacial score (nSPS) is 11.7. The number of para-hydroxylation sites is 1. The number of fused-ring (bicyclic) bond motifs is 1. The predicted molar refractivity (Wildman–Crippen MR) is 114 cm³/mol. The Bertz CT molecular complexity index is 1270. The standard InChI is InChI=1S/C20H18N4O3S2/c1-3-29(26,27)15-10-8-14(9-11-15)19(25)22-18-12-13(2)23-24(18)20-21-16-6-4-5-7-17(16)28-20/h4-12H,3H2,1-2H3,(H,22,25). The summed E-state index contributed by atoms with van der Waals surface area (Å²) in [6.45, 7) is 3.42. The molecule has 0 aliphatic heterocycles. The highest BCUT2D eigenvalue weighted by Crippen LogP contribution is 2.27. The van der Waals surface area contributed by atoms with Crippen molar-refractivity contribution in [1.82, 2.24) is 14.8 Å². The minimum atomic E-state index is -3.30. The van der Waals surface area contributed by atoms with Crippen molar-refractivity contribution in [1.29, 1.82) is 0 Å². The molecule has 0 bridgehead atoms. The van der Waals surface area contributed by atoms with E-state index in [2.05, 4.69) is 15.4 Å². The number of nitrogens with one attached hydrogen (secondary N) is 1. The van der Waals surface area contributed by atoms with Crippen molar-refractivity contribution >= 4 is 43.1 Å². The Morgan fingerprint density at radius 3 is 2.55 bits per heavy atom. The molecule has 0 aliphatic carbocycles. The number of anilines is 1. The van der Waals surface area contributed by atoms with Crippen LogP contribution in [0.4, 0.5) is 5.82 Å². The van der Waals surface area contributed by atoms with Gasteiger partial charge in [0.1, 0.15) is 5.82 Å². The largest absolute Gasteiger partial charge is 0.306 e. The van der Waals surface area contributed by atoms with Crippen LogP contribution >= 0.6 is 11.3 Å². The van der Waals surface area contributed by atoms with E-state index in [1.165, 1.54) is 35.6 Å². The minimum absolute atomic E-state index is 0.0131. The molecule has 2 aromatic carbocycles. The van der Waals surface area contributed by atoms with Crippen LogP contribution in [0, 0.1) is 6.92 Å². The van der Waals surface area contributed by atoms with E-state index in [0.29, 0.717) is 16.5 Å². The molecule has 0 atom stereocenters. The Morgan fingerprint density at radius 1 is 1.14 bits per heavy atom. The highest BCUT2D eigenvalue weighted by molar-refractivity contribution is 7.91. The zero-order chi connectivity index (χ0) is 20.6. The summed E-state index contributed by atoms with van der Waals surface area (Å²) >= 11 is 1.48. The average Bonchev–Trinajstić information content (AvgIpc) is 3.31. The molecule has 0 spiro atoms. The quantitative estimate of drug-likeness (QED) is 0.523. The molecule has 0 unspecified atom stereocenters. The van der Waals surface area contributed by atoms with Gasteiger partial charge in [-0.1, -0.05) is 30.4 Å². The molecule has 1 N–H and O–H groups in total. The van der Waals surface area contributed by atoms with E-state index in [1.807, 2.05) is 31.2 Å². The Morgan fingerprint density at radius 2 is 1.86 bits per heavy atom. The van der Waals surface area contributed by atoms with Crippen LogP contribution in [0.3, 0.4) is 0 Å². The van der Waals surface area contributed by atoms with Gasteiger partial charge >= 0.3 is 0 Å². The first kappa shape index (κ1) is 19.3. The fourth-order valence-corrected chi connectivity index (χ4v) is 4.67. The third-order valence-electron chi connectivity index (χ3n) is 4.39. The summed E-state index contributed by atoms with van der Waals surface area (Å²) in [5, 5.41) is 7.94. The third kappa shape index (κ3) is 3.79. The third-order valence-corrected chi connectivity index (χ3v) is 7.15. The van der Waals surface area contributed by atoms with E-state index < -0.39 is 9.84 Å². The second kappa shape index (κ2) is 7.41. The van der Waals surface area contributed by atoms with E-state index in [4.69, 9.17) is 0 Å². The lowest BCUT2D eigenvalue weighted by Crippen LogP contribution is -2.15. The summed E-state index contributed by atoms with van der Waals surface area (Å²) in [4.78, 5) is 17.5. The summed E-state index contributed by atoms with van der Waals surface area (Å²) < 4.78 is 26.5. The number of carbonyl (C=O) groups is 1. The average molecular weight is 427 g/mol. The van der Waals surface area contributed by atoms with Crippen LogP contribution in [-0.2, 0) is 9.84 Å². The van der Waals surface area contributed by atoms with Gasteiger partial charge < -0.3 is 5.32 Å². The topological polar surface area (TPSA) is 94.0 Å². The van der Waals surface area contributed by atoms with Crippen molar-refractivity contribution in [3.63, 3.8) is 0 Å². The lowest BCUT2D eigenvalue weighted by atomic mass is 10.2. The summed E-state index contributed by atoms with van der Waals surface area (Å²) in [6, 6.07) is 15.4. The van der Waals surface area contributed by atoms with E-state index >= 15 is 0 Å². The molecule has 29 heavy (non-hydrogen) atoms. The second-order valence-electron chi connectivity index (χ2n) is 6.43. The number of amides is 1. The van der Waals surface area contributed by atoms with Crippen LogP contribution in [0.15, 0.2) is 59.5 Å². The molecule has 9 heteroatoms. The van der Waals surface area contributed by atoms with Gasteiger partial charge in [-0.05, 0) is 43.3 Å². The molecule has 0 fully saturated rings. The molecule has 0 aliphatic rings. The maximum atomic E-state index is 12.7. The van der Waals surface area contributed by atoms with E-state index in [0.717, 1.165) is 15.9 Å². The van der Waals surface area contributed by atoms with Crippen molar-refractivity contribution in [3.8, 4) is 5.13 Å². The zero-order valence-electron chi connectivity index (χ0n) is 15.8. The highest BCUT2D eigenvalue weighted by atomic mass is 32.2. The van der Waals surface area contributed by atoms with Crippen LogP contribution in [-0.4, -0.2) is 34.8 Å². The molecule has 4 aromatic rings. The molecule has 148 valence electrons. The molecule has 0 saturated carbocycles. The van der Waals surface area contributed by atoms with Crippen LogP contribution < -0.4 is 5.32 Å². The van der Waals surface area contributed by atoms with Gasteiger partial charge in [0.25, 0.3) is 5.91 Å². The number of thiazole rings is 1. The van der Waals surface area contributed by atoms with Gasteiger partial charge in [-0.25, -0.2) is 13.4 Å². The van der Waals surface area contributed by atoms with Crippen LogP contribution in [0.2, 0.25) is 0 Å². The number of rotatable bonds is 5. The van der Waals surface area contributed by atoms with Gasteiger partial charge in [-0.15, -0.1) is 0 Å². The smallest absolute Gasteiger partial charge is 0.256 e. The van der Waals surface area contributed by atoms with Crippen molar-refractivity contribution in [3.05, 3.63) is 65.9 Å². The maximum absolute atomic E-state index is 12.7. The summed E-state index contributed by atoms with van der Waals surface area (Å²) in [6.07, 6.45) is 0. The Kier molecular flexibility index (Phi) is 4.93. The molecule has 4 rings (SSSR count). The number of sulfone groups is 1. The second-order valence-corrected chi connectivity index (χ2v) is 9.72. The molecule has 2 heterocycles. The monoisotopic (exact) mass is 426 g/mol. The molecular weight excluding hydrogens is 408 g/mol. The number of benzene rings is 2. The first-order valence-corrected chi connectivity index (χ1v) is 11.4. The zero-order valence-corrected chi connectivity index (χ0v) is 17.4. The SMILES string of the molecule is CCS(=O)(=O)c1ccc(C(=O)Nc2cc(C)nn2-c2nc3ccccc3s2)cc1. The number of nitrogens with zero attached hydrogens (tertiary/aromatic N) is 3. The van der Waals surface area contributed by atoms with Crippen LogP contribution in [0.1, 0.15) is 23.0 Å². The van der Waals surface area contributed by atoms with Gasteiger partial charge in [0.2, 0.25) is 5.13 Å². The van der Waals surface area contributed by atoms with Crippen molar-refractivity contribution < 1.29 is 13.2 Å². The Labute approximate surface area is 171 Å². The van der Waals surface area contributed by atoms with Gasteiger partial charge in [0.05, 0.1) is 26.6 Å². The summed E-state index contributed by atoms with van der Waals surface area (Å²) in [7, 11) is -3.30. The first-order valence-electron chi connectivity index (χ1n) is 8.94. The number of hydrogen-bond donors (Lipinski definition) is 1. The van der Waals surface area contributed by atoms with Gasteiger partial charge in [0.15, 0.2) is 9.84 Å². The number of aryl methyl sites for hydroxylation is 1. The lowest BCUT2D eigenvalue weighted by Gasteiger charge is -2.07. The molecular formula is C20H18N4O3S2. The van der Waals surface area contributed by atoms with Crippen molar-refractivity contribution in [2.75, 3.05) is 11.1 Å². The summed E-state index contributed by atoms with van der Waals surface area (Å²) in [5.74, 6) is 0.156. The Hall–Kier alpha value is -3.04. The minimum Gasteiger partial charge on any atom is -0.306 e. The fourth-order valence-electron chi connectivity index (χ4n) is 2.85. The first-order chi connectivity index (χ1) is 13.9. The Balaban J connectivity index is 1.62. The predicted octanol–water partition coefficient (Wildman–Crippen LogP) is 3.84. The van der Waals surface area contributed by atoms with Crippen molar-refractivity contribution in [2.24, 2.45) is 0 Å². The molecule has 7 nitrogen and oxygen atoms in total. The lowest BCUT2D eigenvalue weighted by molar-refractivity contribution is 0.102. The number of carbonyl (C=O) groups excluding carboxylic acids is 1. The molecule has 2 aromatic heterocycles. The van der Waals surface area contributed by atoms with Crippen LogP contribution in [0.5, 0.6) is 0 Å². The van der Waals surface area contributed by atoms with Gasteiger partial charge in [0, 0.05) is 11.6 Å². The van der Waals surface area contributed by atoms with Crippen LogP contribution in [0.25, 0.3) is 15.3 Å². The van der Waals surface area contributed by atoms with E-state index in [-0.39, 0.29) is 16.6 Å². The molecule has 0 radical (unpaired) electrons. The van der Waals surface area contributed by atoms with Gasteiger partial charge in [-0.3, -0.25) is 4.79 Å². The number of hydrogen-bond acceptors (Lipinski definition) is 6. The van der Waals surface area contributed by atoms with E-state index in [1.54, 1.807) is 17.7 Å². The molecule has 1 amide bonds. The highest BCUT2D eigenvalue weighted by Gasteiger charge is 2.17. The summed E-state index contributed by atoms with van der Waals surface area (Å²) in [5.41, 5.74) is 1.96. The number of aromatic nitrogens is 3. The van der Waals surface area contributed by atoms with Gasteiger partial charge in [-0.2, -0.15) is 9.78 Å². The fraction of sp³-hybridized carbons (Fsp3) is 0.150. The molecule has 0 saturated heterocycles.